The molecule has 0 saturated carbocycles. The second kappa shape index (κ2) is 4.93. The van der Waals surface area contributed by atoms with Crippen molar-refractivity contribution in [1.82, 2.24) is 0 Å². The monoisotopic (exact) mass is 235 g/mol. The molecule has 0 unspecified atom stereocenters. The second-order valence-electron chi connectivity index (χ2n) is 4.12. The first kappa shape index (κ1) is 11.6. The standard InChI is InChI=1S/C13H17NOS/c1-9(2)16-8-11-7-15-12-5-3-4-10(6-14)13(11)12/h3-5,7,9H,6,8,14H2,1-2H3. The van der Waals surface area contributed by atoms with Crippen LogP contribution >= 0.6 is 11.8 Å². The molecule has 16 heavy (non-hydrogen) atoms. The van der Waals surface area contributed by atoms with Crippen LogP contribution in [0.5, 0.6) is 0 Å². The van der Waals surface area contributed by atoms with Gasteiger partial charge < -0.3 is 10.2 Å². The Hall–Kier alpha value is -0.930. The van der Waals surface area contributed by atoms with Gasteiger partial charge in [0.1, 0.15) is 5.58 Å². The van der Waals surface area contributed by atoms with E-state index < -0.39 is 0 Å². The van der Waals surface area contributed by atoms with E-state index >= 15 is 0 Å². The van der Waals surface area contributed by atoms with Crippen LogP contribution in [0.4, 0.5) is 0 Å². The lowest BCUT2D eigenvalue weighted by atomic mass is 10.1. The Balaban J connectivity index is 2.38. The Morgan fingerprint density at radius 3 is 2.81 bits per heavy atom. The summed E-state index contributed by atoms with van der Waals surface area (Å²) in [7, 11) is 0. The molecule has 1 aromatic heterocycles. The van der Waals surface area contributed by atoms with E-state index in [-0.39, 0.29) is 0 Å². The molecule has 2 nitrogen and oxygen atoms in total. The van der Waals surface area contributed by atoms with Crippen LogP contribution in [-0.4, -0.2) is 5.25 Å². The van der Waals surface area contributed by atoms with Crippen LogP contribution in [-0.2, 0) is 12.3 Å². The van der Waals surface area contributed by atoms with Crippen molar-refractivity contribution in [1.29, 1.82) is 0 Å². The van der Waals surface area contributed by atoms with Gasteiger partial charge in [0.2, 0.25) is 0 Å². The molecule has 2 N–H and O–H groups in total. The van der Waals surface area contributed by atoms with Gasteiger partial charge in [-0.15, -0.1) is 0 Å². The summed E-state index contributed by atoms with van der Waals surface area (Å²) in [6.07, 6.45) is 1.86. The molecule has 0 saturated heterocycles. The average Bonchev–Trinajstić information content (AvgIpc) is 2.69. The van der Waals surface area contributed by atoms with Crippen LogP contribution < -0.4 is 5.73 Å². The van der Waals surface area contributed by atoms with Crippen molar-refractivity contribution in [3.63, 3.8) is 0 Å². The van der Waals surface area contributed by atoms with E-state index in [1.807, 2.05) is 30.2 Å². The summed E-state index contributed by atoms with van der Waals surface area (Å²) in [6, 6.07) is 6.06. The zero-order valence-electron chi connectivity index (χ0n) is 9.69. The van der Waals surface area contributed by atoms with Gasteiger partial charge in [-0.3, -0.25) is 0 Å². The largest absolute Gasteiger partial charge is 0.464 e. The Morgan fingerprint density at radius 2 is 2.12 bits per heavy atom. The maximum absolute atomic E-state index is 5.75. The first-order valence-electron chi connectivity index (χ1n) is 5.52. The highest BCUT2D eigenvalue weighted by Crippen LogP contribution is 2.29. The summed E-state index contributed by atoms with van der Waals surface area (Å²) in [5, 5.41) is 1.84. The lowest BCUT2D eigenvalue weighted by Gasteiger charge is -2.04. The molecule has 0 spiro atoms. The third-order valence-corrected chi connectivity index (χ3v) is 3.70. The predicted octanol–water partition coefficient (Wildman–Crippen LogP) is 3.53. The summed E-state index contributed by atoms with van der Waals surface area (Å²) < 4.78 is 5.55. The third kappa shape index (κ3) is 2.25. The summed E-state index contributed by atoms with van der Waals surface area (Å²) in [4.78, 5) is 0. The Kier molecular flexibility index (Phi) is 3.56. The molecule has 0 aliphatic heterocycles. The molecule has 1 heterocycles. The van der Waals surface area contributed by atoms with Gasteiger partial charge in [0.05, 0.1) is 6.26 Å². The first-order chi connectivity index (χ1) is 7.72. The number of furan rings is 1. The van der Waals surface area contributed by atoms with Gasteiger partial charge in [-0.05, 0) is 16.9 Å². The lowest BCUT2D eigenvalue weighted by Crippen LogP contribution is -1.97. The first-order valence-corrected chi connectivity index (χ1v) is 6.57. The molecule has 2 rings (SSSR count). The third-order valence-electron chi connectivity index (χ3n) is 2.55. The predicted molar refractivity (Wildman–Crippen MR) is 70.5 cm³/mol. The number of fused-ring (bicyclic) bond motifs is 1. The summed E-state index contributed by atoms with van der Waals surface area (Å²) in [6.45, 7) is 4.98. The average molecular weight is 235 g/mol. The van der Waals surface area contributed by atoms with Crippen LogP contribution in [0.2, 0.25) is 0 Å². The maximum atomic E-state index is 5.75. The van der Waals surface area contributed by atoms with Gasteiger partial charge in [-0.25, -0.2) is 0 Å². The van der Waals surface area contributed by atoms with Crippen molar-refractivity contribution in [3.05, 3.63) is 35.6 Å². The van der Waals surface area contributed by atoms with Crippen LogP contribution in [0.25, 0.3) is 11.0 Å². The van der Waals surface area contributed by atoms with Gasteiger partial charge in [-0.1, -0.05) is 26.0 Å². The Bertz CT molecular complexity index is 476. The van der Waals surface area contributed by atoms with Crippen LogP contribution in [0, 0.1) is 0 Å². The number of thioether (sulfide) groups is 1. The molecule has 0 amide bonds. The van der Waals surface area contributed by atoms with Gasteiger partial charge in [0.15, 0.2) is 0 Å². The van der Waals surface area contributed by atoms with Crippen LogP contribution in [0.1, 0.15) is 25.0 Å². The minimum Gasteiger partial charge on any atom is -0.464 e. The smallest absolute Gasteiger partial charge is 0.134 e. The van der Waals surface area contributed by atoms with E-state index in [0.29, 0.717) is 11.8 Å². The zero-order valence-corrected chi connectivity index (χ0v) is 10.5. The molecule has 0 bridgehead atoms. The van der Waals surface area contributed by atoms with E-state index in [9.17, 15) is 0 Å². The minimum atomic E-state index is 0.566. The van der Waals surface area contributed by atoms with Crippen molar-refractivity contribution >= 4 is 22.7 Å². The van der Waals surface area contributed by atoms with Crippen molar-refractivity contribution in [2.75, 3.05) is 0 Å². The van der Waals surface area contributed by atoms with Gasteiger partial charge in [-0.2, -0.15) is 11.8 Å². The van der Waals surface area contributed by atoms with Crippen LogP contribution in [0.3, 0.4) is 0 Å². The Morgan fingerprint density at radius 1 is 1.31 bits per heavy atom. The molecule has 0 fully saturated rings. The second-order valence-corrected chi connectivity index (χ2v) is 5.68. The highest BCUT2D eigenvalue weighted by Gasteiger charge is 2.09. The molecule has 1 aromatic carbocycles. The number of benzene rings is 1. The van der Waals surface area contributed by atoms with E-state index in [1.165, 1.54) is 16.5 Å². The quantitative estimate of drug-likeness (QED) is 0.881. The Labute approximate surface area is 100 Å². The fourth-order valence-electron chi connectivity index (χ4n) is 1.77. The number of rotatable bonds is 4. The highest BCUT2D eigenvalue weighted by atomic mass is 32.2. The summed E-state index contributed by atoms with van der Waals surface area (Å²) in [5.41, 5.74) is 9.13. The molecule has 2 aromatic rings. The SMILES string of the molecule is CC(C)SCc1coc2cccc(CN)c12. The molecule has 0 atom stereocenters. The molecule has 86 valence electrons. The van der Waals surface area contributed by atoms with E-state index in [2.05, 4.69) is 19.9 Å². The number of hydrogen-bond acceptors (Lipinski definition) is 3. The fraction of sp³-hybridized carbons (Fsp3) is 0.385. The van der Waals surface area contributed by atoms with Gasteiger partial charge >= 0.3 is 0 Å². The summed E-state index contributed by atoms with van der Waals surface area (Å²) >= 11 is 1.92. The van der Waals surface area contributed by atoms with Gasteiger partial charge in [0.25, 0.3) is 0 Å². The summed E-state index contributed by atoms with van der Waals surface area (Å²) in [5.74, 6) is 0.988. The van der Waals surface area contributed by atoms with Crippen molar-refractivity contribution < 1.29 is 4.42 Å². The van der Waals surface area contributed by atoms with E-state index in [1.54, 1.807) is 0 Å². The molecular formula is C13H17NOS. The van der Waals surface area contributed by atoms with Crippen molar-refractivity contribution in [2.24, 2.45) is 5.73 Å². The topological polar surface area (TPSA) is 39.2 Å². The van der Waals surface area contributed by atoms with Crippen LogP contribution in [0.15, 0.2) is 28.9 Å². The molecule has 0 radical (unpaired) electrons. The van der Waals surface area contributed by atoms with Crippen molar-refractivity contribution in [2.45, 2.75) is 31.4 Å². The maximum Gasteiger partial charge on any atom is 0.134 e. The van der Waals surface area contributed by atoms with Crippen molar-refractivity contribution in [3.8, 4) is 0 Å². The van der Waals surface area contributed by atoms with E-state index in [0.717, 1.165) is 11.3 Å². The normalized spacial score (nSPS) is 11.5. The highest BCUT2D eigenvalue weighted by molar-refractivity contribution is 7.99. The fourth-order valence-corrected chi connectivity index (χ4v) is 2.49. The molecule has 0 aliphatic carbocycles. The zero-order chi connectivity index (χ0) is 11.5. The molecular weight excluding hydrogens is 218 g/mol. The molecule has 3 heteroatoms. The molecule has 0 aliphatic rings. The van der Waals surface area contributed by atoms with Gasteiger partial charge in [0, 0.05) is 23.2 Å². The number of nitrogens with two attached hydrogens (primary N) is 1. The number of hydrogen-bond donors (Lipinski definition) is 1. The minimum absolute atomic E-state index is 0.566. The lowest BCUT2D eigenvalue weighted by molar-refractivity contribution is 0.612. The van der Waals surface area contributed by atoms with E-state index in [4.69, 9.17) is 10.2 Å².